The van der Waals surface area contributed by atoms with Crippen molar-refractivity contribution in [3.8, 4) is 5.75 Å². The predicted octanol–water partition coefficient (Wildman–Crippen LogP) is 4.77. The second-order valence-electron chi connectivity index (χ2n) is 5.23. The molecule has 0 aliphatic carbocycles. The Morgan fingerprint density at radius 1 is 1.17 bits per heavy atom. The lowest BCUT2D eigenvalue weighted by atomic mass is 10.1. The van der Waals surface area contributed by atoms with Crippen LogP contribution in [0.15, 0.2) is 53.4 Å². The van der Waals surface area contributed by atoms with E-state index in [1.54, 1.807) is 11.8 Å². The Morgan fingerprint density at radius 3 is 2.52 bits per heavy atom. The number of hydrogen-bond acceptors (Lipinski definition) is 3. The van der Waals surface area contributed by atoms with Gasteiger partial charge in [-0.1, -0.05) is 32.0 Å². The zero-order valence-corrected chi connectivity index (χ0v) is 14.7. The molecule has 23 heavy (non-hydrogen) atoms. The Balaban J connectivity index is 2.02. The van der Waals surface area contributed by atoms with E-state index in [1.807, 2.05) is 61.7 Å². The van der Waals surface area contributed by atoms with E-state index in [4.69, 9.17) is 4.74 Å². The average molecular weight is 329 g/mol. The number of ether oxygens (including phenoxy) is 1. The van der Waals surface area contributed by atoms with Crippen LogP contribution in [0.25, 0.3) is 0 Å². The molecule has 2 rings (SSSR count). The number of benzene rings is 2. The van der Waals surface area contributed by atoms with Gasteiger partial charge in [0.15, 0.2) is 6.10 Å². The van der Waals surface area contributed by atoms with Crippen LogP contribution in [0.2, 0.25) is 0 Å². The van der Waals surface area contributed by atoms with Crippen LogP contribution in [-0.4, -0.2) is 18.3 Å². The molecule has 0 spiro atoms. The van der Waals surface area contributed by atoms with E-state index in [2.05, 4.69) is 12.2 Å². The summed E-state index contributed by atoms with van der Waals surface area (Å²) < 4.78 is 5.84. The quantitative estimate of drug-likeness (QED) is 0.744. The number of hydrogen-bond donors (Lipinski definition) is 1. The third kappa shape index (κ3) is 5.03. The highest BCUT2D eigenvalue weighted by Crippen LogP contribution is 2.20. The number of thioether (sulfide) groups is 1. The lowest BCUT2D eigenvalue weighted by Crippen LogP contribution is -2.32. The smallest absolute Gasteiger partial charge is 0.265 e. The van der Waals surface area contributed by atoms with E-state index in [0.29, 0.717) is 6.42 Å². The molecule has 0 saturated carbocycles. The van der Waals surface area contributed by atoms with Crippen LogP contribution in [-0.2, 0) is 11.2 Å². The number of aryl methyl sites for hydroxylation is 1. The van der Waals surface area contributed by atoms with Crippen LogP contribution < -0.4 is 10.1 Å². The first kappa shape index (κ1) is 17.4. The molecule has 0 unspecified atom stereocenters. The highest BCUT2D eigenvalue weighted by molar-refractivity contribution is 7.98. The monoisotopic (exact) mass is 329 g/mol. The van der Waals surface area contributed by atoms with Gasteiger partial charge in [-0.25, -0.2) is 0 Å². The van der Waals surface area contributed by atoms with Crippen molar-refractivity contribution in [2.75, 3.05) is 11.6 Å². The number of nitrogens with one attached hydrogen (secondary N) is 1. The maximum Gasteiger partial charge on any atom is 0.265 e. The normalized spacial score (nSPS) is 11.8. The van der Waals surface area contributed by atoms with Crippen molar-refractivity contribution >= 4 is 23.4 Å². The van der Waals surface area contributed by atoms with Gasteiger partial charge in [0.05, 0.1) is 0 Å². The van der Waals surface area contributed by atoms with Crippen LogP contribution in [0.3, 0.4) is 0 Å². The minimum atomic E-state index is -0.500. The summed E-state index contributed by atoms with van der Waals surface area (Å²) in [6, 6.07) is 15.7. The molecule has 0 fully saturated rings. The molecule has 1 amide bonds. The first-order valence-electron chi connectivity index (χ1n) is 7.86. The molecular weight excluding hydrogens is 306 g/mol. The summed E-state index contributed by atoms with van der Waals surface area (Å²) in [5, 5.41) is 2.93. The van der Waals surface area contributed by atoms with E-state index in [9.17, 15) is 4.79 Å². The van der Waals surface area contributed by atoms with Crippen molar-refractivity contribution in [2.45, 2.75) is 37.7 Å². The van der Waals surface area contributed by atoms with Crippen LogP contribution >= 0.6 is 11.8 Å². The van der Waals surface area contributed by atoms with E-state index in [0.717, 1.165) is 22.8 Å². The molecule has 2 aromatic carbocycles. The van der Waals surface area contributed by atoms with Gasteiger partial charge < -0.3 is 10.1 Å². The molecule has 0 saturated heterocycles. The highest BCUT2D eigenvalue weighted by atomic mass is 32.2. The minimum Gasteiger partial charge on any atom is -0.481 e. The first-order valence-corrected chi connectivity index (χ1v) is 9.09. The standard InChI is InChI=1S/C19H23NO2S/c1-4-14-9-11-16(12-10-14)22-18(5-2)19(21)20-15-7-6-8-17(13-15)23-3/h6-13,18H,4-5H2,1-3H3,(H,20,21)/t18-/m1/s1. The van der Waals surface area contributed by atoms with Gasteiger partial charge in [0.25, 0.3) is 5.91 Å². The van der Waals surface area contributed by atoms with Gasteiger partial charge in [0.2, 0.25) is 0 Å². The van der Waals surface area contributed by atoms with Gasteiger partial charge in [0.1, 0.15) is 5.75 Å². The summed E-state index contributed by atoms with van der Waals surface area (Å²) in [6.45, 7) is 4.06. The van der Waals surface area contributed by atoms with Gasteiger partial charge in [-0.2, -0.15) is 0 Å². The third-order valence-electron chi connectivity index (χ3n) is 3.61. The molecule has 0 aliphatic rings. The molecular formula is C19H23NO2S. The molecule has 3 nitrogen and oxygen atoms in total. The zero-order chi connectivity index (χ0) is 16.7. The minimum absolute atomic E-state index is 0.120. The molecule has 0 heterocycles. The fraction of sp³-hybridized carbons (Fsp3) is 0.316. The van der Waals surface area contributed by atoms with Gasteiger partial charge in [-0.15, -0.1) is 11.8 Å². The molecule has 122 valence electrons. The highest BCUT2D eigenvalue weighted by Gasteiger charge is 2.18. The number of carbonyl (C=O) groups is 1. The number of anilines is 1. The molecule has 0 aliphatic heterocycles. The van der Waals surface area contributed by atoms with E-state index >= 15 is 0 Å². The SMILES string of the molecule is CCc1ccc(O[C@H](CC)C(=O)Nc2cccc(SC)c2)cc1. The molecule has 0 radical (unpaired) electrons. The van der Waals surface area contributed by atoms with E-state index < -0.39 is 6.10 Å². The largest absolute Gasteiger partial charge is 0.481 e. The summed E-state index contributed by atoms with van der Waals surface area (Å²) in [7, 11) is 0. The summed E-state index contributed by atoms with van der Waals surface area (Å²) >= 11 is 1.65. The zero-order valence-electron chi connectivity index (χ0n) is 13.8. The Labute approximate surface area is 142 Å². The Morgan fingerprint density at radius 2 is 1.91 bits per heavy atom. The summed E-state index contributed by atoms with van der Waals surface area (Å²) in [5.74, 6) is 0.604. The third-order valence-corrected chi connectivity index (χ3v) is 4.34. The lowest BCUT2D eigenvalue weighted by Gasteiger charge is -2.17. The van der Waals surface area contributed by atoms with Crippen LogP contribution in [0.1, 0.15) is 25.8 Å². The van der Waals surface area contributed by atoms with Crippen LogP contribution in [0.5, 0.6) is 5.75 Å². The number of rotatable bonds is 7. The lowest BCUT2D eigenvalue weighted by molar-refractivity contribution is -0.122. The average Bonchev–Trinajstić information content (AvgIpc) is 2.60. The topological polar surface area (TPSA) is 38.3 Å². The Kier molecular flexibility index (Phi) is 6.53. The van der Waals surface area contributed by atoms with E-state index in [-0.39, 0.29) is 5.91 Å². The molecule has 4 heteroatoms. The number of amides is 1. The fourth-order valence-corrected chi connectivity index (χ4v) is 2.67. The Hall–Kier alpha value is -1.94. The predicted molar refractivity (Wildman–Crippen MR) is 97.4 cm³/mol. The summed E-state index contributed by atoms with van der Waals surface area (Å²) in [6.07, 6.45) is 3.12. The van der Waals surface area contributed by atoms with Gasteiger partial charge in [-0.3, -0.25) is 4.79 Å². The van der Waals surface area contributed by atoms with Gasteiger partial charge in [0, 0.05) is 10.6 Å². The first-order chi connectivity index (χ1) is 11.2. The second-order valence-corrected chi connectivity index (χ2v) is 6.11. The second kappa shape index (κ2) is 8.63. The van der Waals surface area contributed by atoms with Crippen molar-refractivity contribution in [2.24, 2.45) is 0 Å². The number of carbonyl (C=O) groups excluding carboxylic acids is 1. The molecule has 1 N–H and O–H groups in total. The molecule has 0 aromatic heterocycles. The summed E-state index contributed by atoms with van der Waals surface area (Å²) in [5.41, 5.74) is 2.05. The van der Waals surface area contributed by atoms with E-state index in [1.165, 1.54) is 5.56 Å². The van der Waals surface area contributed by atoms with Gasteiger partial charge >= 0.3 is 0 Å². The van der Waals surface area contributed by atoms with Crippen molar-refractivity contribution in [3.63, 3.8) is 0 Å². The van der Waals surface area contributed by atoms with Crippen molar-refractivity contribution in [1.82, 2.24) is 0 Å². The molecule has 0 bridgehead atoms. The fourth-order valence-electron chi connectivity index (χ4n) is 2.21. The van der Waals surface area contributed by atoms with Crippen molar-refractivity contribution < 1.29 is 9.53 Å². The maximum absolute atomic E-state index is 12.4. The van der Waals surface area contributed by atoms with Crippen LogP contribution in [0, 0.1) is 0 Å². The van der Waals surface area contributed by atoms with Crippen LogP contribution in [0.4, 0.5) is 5.69 Å². The van der Waals surface area contributed by atoms with Gasteiger partial charge in [-0.05, 0) is 55.0 Å². The molecule has 1 atom stereocenters. The van der Waals surface area contributed by atoms with Crippen molar-refractivity contribution in [1.29, 1.82) is 0 Å². The molecule has 2 aromatic rings. The summed E-state index contributed by atoms with van der Waals surface area (Å²) in [4.78, 5) is 13.5. The Bertz CT molecular complexity index is 640. The van der Waals surface area contributed by atoms with Crippen molar-refractivity contribution in [3.05, 3.63) is 54.1 Å². The maximum atomic E-state index is 12.4.